The number of carbonyl (C=O) groups is 1. The smallest absolute Gasteiger partial charge is 0.249 e. The van der Waals surface area contributed by atoms with Gasteiger partial charge in [0.25, 0.3) is 0 Å². The first kappa shape index (κ1) is 20.5. The van der Waals surface area contributed by atoms with E-state index in [-0.39, 0.29) is 11.5 Å². The Morgan fingerprint density at radius 3 is 3.10 bits per heavy atom. The summed E-state index contributed by atoms with van der Waals surface area (Å²) in [5, 5.41) is 4.10. The summed E-state index contributed by atoms with van der Waals surface area (Å²) in [7, 11) is 0. The molecule has 0 saturated carbocycles. The molecule has 0 radical (unpaired) electrons. The highest BCUT2D eigenvalue weighted by molar-refractivity contribution is 7.11. The predicted molar refractivity (Wildman–Crippen MR) is 110 cm³/mol. The first-order chi connectivity index (χ1) is 14.0. The number of carbonyl (C=O) groups excluding carboxylic acids is 1. The zero-order valence-electron chi connectivity index (χ0n) is 17.1. The average Bonchev–Trinajstić information content (AvgIpc) is 3.41. The largest absolute Gasteiger partial charge is 0.370 e. The highest BCUT2D eigenvalue weighted by Crippen LogP contribution is 2.32. The van der Waals surface area contributed by atoms with E-state index in [9.17, 15) is 4.79 Å². The van der Waals surface area contributed by atoms with Crippen LogP contribution in [0.3, 0.4) is 0 Å². The number of morpholine rings is 1. The summed E-state index contributed by atoms with van der Waals surface area (Å²) < 4.78 is 14.0. The topological polar surface area (TPSA) is 81.5 Å². The molecule has 2 fully saturated rings. The van der Waals surface area contributed by atoms with Gasteiger partial charge in [-0.15, -0.1) is 11.3 Å². The normalized spacial score (nSPS) is 25.0. The molecule has 29 heavy (non-hydrogen) atoms. The Morgan fingerprint density at radius 2 is 2.34 bits per heavy atom. The SMILES string of the molecule is Cc1nc(C)c(CN2CCO[C@@]3(CO[C@H](C(=O)NCCCn4ccnc4)C3)C2)s1. The Balaban J connectivity index is 1.25. The second kappa shape index (κ2) is 8.91. The summed E-state index contributed by atoms with van der Waals surface area (Å²) in [6, 6.07) is 0. The molecule has 0 unspecified atom stereocenters. The molecule has 9 heteroatoms. The molecular formula is C20H29N5O3S. The molecule has 1 N–H and O–H groups in total. The monoisotopic (exact) mass is 419 g/mol. The van der Waals surface area contributed by atoms with Crippen LogP contribution in [0.2, 0.25) is 0 Å². The number of rotatable bonds is 7. The summed E-state index contributed by atoms with van der Waals surface area (Å²) >= 11 is 1.76. The van der Waals surface area contributed by atoms with Gasteiger partial charge in [-0.3, -0.25) is 9.69 Å². The van der Waals surface area contributed by atoms with Crippen molar-refractivity contribution in [2.24, 2.45) is 0 Å². The van der Waals surface area contributed by atoms with Crippen LogP contribution in [0.1, 0.15) is 28.4 Å². The van der Waals surface area contributed by atoms with Crippen LogP contribution in [0.15, 0.2) is 18.7 Å². The van der Waals surface area contributed by atoms with Crippen molar-refractivity contribution >= 4 is 17.2 Å². The summed E-state index contributed by atoms with van der Waals surface area (Å²) in [6.45, 7) is 9.28. The van der Waals surface area contributed by atoms with Crippen molar-refractivity contribution in [3.05, 3.63) is 34.3 Å². The van der Waals surface area contributed by atoms with E-state index in [1.165, 1.54) is 4.88 Å². The highest BCUT2D eigenvalue weighted by Gasteiger charge is 2.46. The molecular weight excluding hydrogens is 390 g/mol. The Labute approximate surface area is 175 Å². The molecule has 8 nitrogen and oxygen atoms in total. The Bertz CT molecular complexity index is 824. The van der Waals surface area contributed by atoms with E-state index in [0.29, 0.717) is 26.2 Å². The lowest BCUT2D eigenvalue weighted by Crippen LogP contribution is -2.52. The van der Waals surface area contributed by atoms with Crippen molar-refractivity contribution < 1.29 is 14.3 Å². The van der Waals surface area contributed by atoms with Crippen LogP contribution >= 0.6 is 11.3 Å². The molecule has 2 aliphatic heterocycles. The molecule has 1 spiro atoms. The maximum atomic E-state index is 12.5. The number of hydrogen-bond donors (Lipinski definition) is 1. The van der Waals surface area contributed by atoms with Gasteiger partial charge in [0, 0.05) is 56.4 Å². The summed E-state index contributed by atoms with van der Waals surface area (Å²) in [4.78, 5) is 24.8. The third-order valence-electron chi connectivity index (χ3n) is 5.54. The van der Waals surface area contributed by atoms with Gasteiger partial charge in [0.15, 0.2) is 0 Å². The van der Waals surface area contributed by atoms with Crippen molar-refractivity contribution in [2.75, 3.05) is 32.8 Å². The van der Waals surface area contributed by atoms with Crippen LogP contribution in [0.4, 0.5) is 0 Å². The lowest BCUT2D eigenvalue weighted by molar-refractivity contribution is -0.130. The van der Waals surface area contributed by atoms with E-state index in [4.69, 9.17) is 9.47 Å². The first-order valence-electron chi connectivity index (χ1n) is 10.2. The molecule has 2 aromatic rings. The van der Waals surface area contributed by atoms with Crippen LogP contribution in [-0.4, -0.2) is 69.9 Å². The van der Waals surface area contributed by atoms with Gasteiger partial charge in [0.1, 0.15) is 11.7 Å². The number of nitrogens with zero attached hydrogens (tertiary/aromatic N) is 4. The second-order valence-corrected chi connectivity index (χ2v) is 9.22. The standard InChI is InChI=1S/C20H29N5O3S/c1-15-18(29-16(2)23-15)11-25-8-9-28-20(12-25)10-17(27-13-20)19(26)22-4-3-6-24-7-5-21-14-24/h5,7,14,17H,3-4,6,8-13H2,1-2H3,(H,22,26)/t17-,20+/m0/s1. The van der Waals surface area contributed by atoms with E-state index in [1.807, 2.05) is 17.7 Å². The molecule has 2 aromatic heterocycles. The Morgan fingerprint density at radius 1 is 1.45 bits per heavy atom. The molecule has 158 valence electrons. The van der Waals surface area contributed by atoms with Crippen molar-refractivity contribution in [1.82, 2.24) is 24.8 Å². The zero-order chi connectivity index (χ0) is 20.3. The third-order valence-corrected chi connectivity index (χ3v) is 6.60. The predicted octanol–water partition coefficient (Wildman–Crippen LogP) is 1.52. The van der Waals surface area contributed by atoms with Crippen LogP contribution in [0, 0.1) is 13.8 Å². The minimum atomic E-state index is -0.435. The zero-order valence-corrected chi connectivity index (χ0v) is 17.9. The maximum absolute atomic E-state index is 12.5. The molecule has 0 aromatic carbocycles. The van der Waals surface area contributed by atoms with Gasteiger partial charge >= 0.3 is 0 Å². The van der Waals surface area contributed by atoms with Crippen LogP contribution in [0.5, 0.6) is 0 Å². The first-order valence-corrected chi connectivity index (χ1v) is 11.0. The van der Waals surface area contributed by atoms with Gasteiger partial charge < -0.3 is 19.4 Å². The van der Waals surface area contributed by atoms with Crippen LogP contribution < -0.4 is 5.32 Å². The second-order valence-electron chi connectivity index (χ2n) is 7.93. The number of thiazole rings is 1. The average molecular weight is 420 g/mol. The number of hydrogen-bond acceptors (Lipinski definition) is 7. The van der Waals surface area contributed by atoms with E-state index < -0.39 is 6.10 Å². The fourth-order valence-corrected chi connectivity index (χ4v) is 5.05. The van der Waals surface area contributed by atoms with Crippen LogP contribution in [0.25, 0.3) is 0 Å². The summed E-state index contributed by atoms with van der Waals surface area (Å²) in [5.41, 5.74) is 0.730. The van der Waals surface area contributed by atoms with Gasteiger partial charge in [-0.25, -0.2) is 9.97 Å². The third kappa shape index (κ3) is 5.03. The number of aromatic nitrogens is 3. The number of nitrogens with one attached hydrogen (secondary N) is 1. The number of amides is 1. The number of aryl methyl sites for hydroxylation is 3. The van der Waals surface area contributed by atoms with Gasteiger partial charge in [-0.1, -0.05) is 0 Å². The van der Waals surface area contributed by atoms with Gasteiger partial charge in [-0.2, -0.15) is 0 Å². The molecule has 4 rings (SSSR count). The number of imidazole rings is 1. The van der Waals surface area contributed by atoms with E-state index >= 15 is 0 Å². The molecule has 2 aliphatic rings. The fraction of sp³-hybridized carbons (Fsp3) is 0.650. The maximum Gasteiger partial charge on any atom is 0.249 e. The lowest BCUT2D eigenvalue weighted by atomic mass is 9.97. The molecule has 1 amide bonds. The van der Waals surface area contributed by atoms with Gasteiger partial charge in [0.05, 0.1) is 30.2 Å². The minimum Gasteiger partial charge on any atom is -0.370 e. The van der Waals surface area contributed by atoms with Crippen LogP contribution in [-0.2, 0) is 27.4 Å². The van der Waals surface area contributed by atoms with E-state index in [0.717, 1.165) is 43.3 Å². The minimum absolute atomic E-state index is 0.0397. The summed E-state index contributed by atoms with van der Waals surface area (Å²) in [5.74, 6) is -0.0397. The number of ether oxygens (including phenoxy) is 2. The van der Waals surface area contributed by atoms with Gasteiger partial charge in [-0.05, 0) is 20.3 Å². The van der Waals surface area contributed by atoms with E-state index in [1.54, 1.807) is 23.9 Å². The quantitative estimate of drug-likeness (QED) is 0.686. The molecule has 2 saturated heterocycles. The highest BCUT2D eigenvalue weighted by atomic mass is 32.1. The Hall–Kier alpha value is -1.81. The Kier molecular flexibility index (Phi) is 6.29. The molecule has 0 aliphatic carbocycles. The molecule has 0 bridgehead atoms. The van der Waals surface area contributed by atoms with Crippen molar-refractivity contribution in [2.45, 2.75) is 51.5 Å². The van der Waals surface area contributed by atoms with Gasteiger partial charge in [0.2, 0.25) is 5.91 Å². The fourth-order valence-electron chi connectivity index (χ4n) is 4.08. The summed E-state index contributed by atoms with van der Waals surface area (Å²) in [6.07, 6.45) is 6.50. The van der Waals surface area contributed by atoms with Crippen molar-refractivity contribution in [3.8, 4) is 0 Å². The van der Waals surface area contributed by atoms with E-state index in [2.05, 4.69) is 27.1 Å². The van der Waals surface area contributed by atoms with Crippen molar-refractivity contribution in [1.29, 1.82) is 0 Å². The molecule has 2 atom stereocenters. The molecule has 4 heterocycles. The lowest BCUT2D eigenvalue weighted by Gasteiger charge is -2.39. The van der Waals surface area contributed by atoms with Crippen molar-refractivity contribution in [3.63, 3.8) is 0 Å².